The number of nitrogens with two attached hydrogens (primary N) is 1. The van der Waals surface area contributed by atoms with Gasteiger partial charge in [0.15, 0.2) is 0 Å². The van der Waals surface area contributed by atoms with Gasteiger partial charge in [-0.3, -0.25) is 4.79 Å². The van der Waals surface area contributed by atoms with Crippen molar-refractivity contribution >= 4 is 17.7 Å². The van der Waals surface area contributed by atoms with E-state index in [1.54, 1.807) is 12.2 Å². The van der Waals surface area contributed by atoms with Gasteiger partial charge in [0.2, 0.25) is 5.91 Å². The predicted octanol–water partition coefficient (Wildman–Crippen LogP) is 0.855. The molecule has 1 fully saturated rings. The smallest absolute Gasteiger partial charge is 0.246 e. The Kier molecular flexibility index (Phi) is 4.01. The van der Waals surface area contributed by atoms with E-state index in [0.717, 1.165) is 18.8 Å². The first kappa shape index (κ1) is 11.6. The van der Waals surface area contributed by atoms with Crippen LogP contribution >= 0.6 is 11.8 Å². The number of rotatable bonds is 2. The van der Waals surface area contributed by atoms with Crippen molar-refractivity contribution in [1.29, 1.82) is 0 Å². The summed E-state index contributed by atoms with van der Waals surface area (Å²) in [5.41, 5.74) is 5.30. The van der Waals surface area contributed by atoms with Crippen LogP contribution in [0.25, 0.3) is 0 Å². The number of amides is 1. The van der Waals surface area contributed by atoms with Crippen molar-refractivity contribution in [3.63, 3.8) is 0 Å². The molecule has 4 heteroatoms. The summed E-state index contributed by atoms with van der Waals surface area (Å²) in [6.45, 7) is 6.44. The summed E-state index contributed by atoms with van der Waals surface area (Å²) < 4.78 is 0.185. The Bertz CT molecular complexity index is 238. The lowest BCUT2D eigenvalue weighted by Crippen LogP contribution is -2.45. The van der Waals surface area contributed by atoms with Crippen LogP contribution < -0.4 is 5.73 Å². The summed E-state index contributed by atoms with van der Waals surface area (Å²) in [4.78, 5) is 13.5. The number of carbonyl (C=O) groups is 1. The third-order valence-electron chi connectivity index (χ3n) is 2.13. The first-order valence-electron chi connectivity index (χ1n) is 4.85. The van der Waals surface area contributed by atoms with Crippen molar-refractivity contribution in [2.45, 2.75) is 18.6 Å². The minimum absolute atomic E-state index is 0.0869. The summed E-state index contributed by atoms with van der Waals surface area (Å²) in [5, 5.41) is 0. The van der Waals surface area contributed by atoms with Crippen molar-refractivity contribution in [2.24, 2.45) is 5.73 Å². The fraction of sp³-hybridized carbons (Fsp3) is 0.700. The molecule has 0 aromatic carbocycles. The van der Waals surface area contributed by atoms with Gasteiger partial charge >= 0.3 is 0 Å². The quantitative estimate of drug-likeness (QED) is 0.693. The Labute approximate surface area is 89.7 Å². The Balaban J connectivity index is 2.52. The minimum atomic E-state index is 0.0869. The van der Waals surface area contributed by atoms with E-state index >= 15 is 0 Å². The first-order valence-corrected chi connectivity index (χ1v) is 5.83. The second-order valence-electron chi connectivity index (χ2n) is 4.01. The van der Waals surface area contributed by atoms with Crippen molar-refractivity contribution < 1.29 is 4.79 Å². The van der Waals surface area contributed by atoms with Gasteiger partial charge in [0.25, 0.3) is 0 Å². The fourth-order valence-electron chi connectivity index (χ4n) is 1.48. The minimum Gasteiger partial charge on any atom is -0.337 e. The lowest BCUT2D eigenvalue weighted by molar-refractivity contribution is -0.126. The van der Waals surface area contributed by atoms with E-state index < -0.39 is 0 Å². The number of thioether (sulfide) groups is 1. The van der Waals surface area contributed by atoms with Crippen molar-refractivity contribution in [2.75, 3.05) is 25.4 Å². The second kappa shape index (κ2) is 4.84. The van der Waals surface area contributed by atoms with Gasteiger partial charge in [0, 0.05) is 36.2 Å². The molecule has 0 aliphatic carbocycles. The number of nitrogens with zero attached hydrogens (tertiary/aromatic N) is 1. The highest BCUT2D eigenvalue weighted by Gasteiger charge is 2.28. The molecule has 1 aliphatic heterocycles. The maximum Gasteiger partial charge on any atom is 0.246 e. The SMILES string of the molecule is CC1(C)CN(C(=O)/C=C/CN)CCS1. The van der Waals surface area contributed by atoms with Gasteiger partial charge in [-0.15, -0.1) is 0 Å². The zero-order valence-corrected chi connectivity index (χ0v) is 9.64. The average molecular weight is 214 g/mol. The highest BCUT2D eigenvalue weighted by atomic mass is 32.2. The third-order valence-corrected chi connectivity index (χ3v) is 3.43. The molecule has 0 spiro atoms. The van der Waals surface area contributed by atoms with E-state index in [9.17, 15) is 4.79 Å². The van der Waals surface area contributed by atoms with Crippen molar-refractivity contribution in [3.05, 3.63) is 12.2 Å². The predicted molar refractivity (Wildman–Crippen MR) is 61.3 cm³/mol. The van der Waals surface area contributed by atoms with Gasteiger partial charge in [-0.1, -0.05) is 6.08 Å². The Morgan fingerprint density at radius 1 is 1.64 bits per heavy atom. The monoisotopic (exact) mass is 214 g/mol. The van der Waals surface area contributed by atoms with E-state index in [-0.39, 0.29) is 10.7 Å². The molecule has 1 heterocycles. The maximum atomic E-state index is 11.6. The molecule has 1 amide bonds. The topological polar surface area (TPSA) is 46.3 Å². The fourth-order valence-corrected chi connectivity index (χ4v) is 2.59. The molecule has 80 valence electrons. The molecule has 0 aromatic heterocycles. The number of hydrogen-bond donors (Lipinski definition) is 1. The Morgan fingerprint density at radius 3 is 2.93 bits per heavy atom. The molecule has 1 aliphatic rings. The van der Waals surface area contributed by atoms with Gasteiger partial charge in [-0.05, 0) is 13.8 Å². The van der Waals surface area contributed by atoms with Crippen LogP contribution in [0.1, 0.15) is 13.8 Å². The average Bonchev–Trinajstić information content (AvgIpc) is 2.12. The zero-order valence-electron chi connectivity index (χ0n) is 8.82. The zero-order chi connectivity index (χ0) is 10.6. The number of carbonyl (C=O) groups excluding carboxylic acids is 1. The summed E-state index contributed by atoms with van der Waals surface area (Å²) in [7, 11) is 0. The summed E-state index contributed by atoms with van der Waals surface area (Å²) in [5.74, 6) is 1.11. The molecule has 1 rings (SSSR count). The molecule has 14 heavy (non-hydrogen) atoms. The molecule has 3 nitrogen and oxygen atoms in total. The Morgan fingerprint density at radius 2 is 2.36 bits per heavy atom. The van der Waals surface area contributed by atoms with Crippen LogP contribution in [-0.4, -0.2) is 40.9 Å². The van der Waals surface area contributed by atoms with E-state index in [1.165, 1.54) is 0 Å². The van der Waals surface area contributed by atoms with Gasteiger partial charge in [-0.25, -0.2) is 0 Å². The molecule has 0 unspecified atom stereocenters. The van der Waals surface area contributed by atoms with E-state index in [0.29, 0.717) is 6.54 Å². The highest BCUT2D eigenvalue weighted by Crippen LogP contribution is 2.29. The van der Waals surface area contributed by atoms with Crippen LogP contribution in [0.5, 0.6) is 0 Å². The van der Waals surface area contributed by atoms with E-state index in [4.69, 9.17) is 5.73 Å². The summed E-state index contributed by atoms with van der Waals surface area (Å²) >= 11 is 1.92. The second-order valence-corrected chi connectivity index (χ2v) is 5.81. The molecule has 2 N–H and O–H groups in total. The standard InChI is InChI=1S/C10H18N2OS/c1-10(2)8-12(6-7-14-10)9(13)4-3-5-11/h3-4H,5-8,11H2,1-2H3/b4-3+. The van der Waals surface area contributed by atoms with Crippen LogP contribution in [0.3, 0.4) is 0 Å². The van der Waals surface area contributed by atoms with Crippen LogP contribution in [0, 0.1) is 0 Å². The van der Waals surface area contributed by atoms with Gasteiger partial charge in [0.05, 0.1) is 0 Å². The first-order chi connectivity index (χ1) is 6.55. The summed E-state index contributed by atoms with van der Waals surface area (Å²) in [6, 6.07) is 0. The van der Waals surface area contributed by atoms with Gasteiger partial charge in [0.1, 0.15) is 0 Å². The van der Waals surface area contributed by atoms with Gasteiger partial charge < -0.3 is 10.6 Å². The van der Waals surface area contributed by atoms with E-state index in [1.807, 2.05) is 16.7 Å². The molecule has 0 saturated carbocycles. The lowest BCUT2D eigenvalue weighted by atomic mass is 10.2. The molecule has 1 saturated heterocycles. The molecule has 0 bridgehead atoms. The van der Waals surface area contributed by atoms with Crippen LogP contribution in [0.15, 0.2) is 12.2 Å². The molecular weight excluding hydrogens is 196 g/mol. The van der Waals surface area contributed by atoms with E-state index in [2.05, 4.69) is 13.8 Å². The molecule has 0 aromatic rings. The summed E-state index contributed by atoms with van der Waals surface area (Å²) in [6.07, 6.45) is 3.28. The van der Waals surface area contributed by atoms with Gasteiger partial charge in [-0.2, -0.15) is 11.8 Å². The third kappa shape index (κ3) is 3.35. The van der Waals surface area contributed by atoms with Crippen LogP contribution in [0.2, 0.25) is 0 Å². The highest BCUT2D eigenvalue weighted by molar-refractivity contribution is 8.00. The van der Waals surface area contributed by atoms with Crippen LogP contribution in [0.4, 0.5) is 0 Å². The normalized spacial score (nSPS) is 21.5. The lowest BCUT2D eigenvalue weighted by Gasteiger charge is -2.37. The molecule has 0 radical (unpaired) electrons. The van der Waals surface area contributed by atoms with Crippen LogP contribution in [-0.2, 0) is 4.79 Å². The Hall–Kier alpha value is -0.480. The molecule has 0 atom stereocenters. The largest absolute Gasteiger partial charge is 0.337 e. The molecular formula is C10H18N2OS. The maximum absolute atomic E-state index is 11.6. The number of hydrogen-bond acceptors (Lipinski definition) is 3. The van der Waals surface area contributed by atoms with Crippen molar-refractivity contribution in [3.8, 4) is 0 Å². The van der Waals surface area contributed by atoms with Crippen molar-refractivity contribution in [1.82, 2.24) is 4.90 Å².